The van der Waals surface area contributed by atoms with Crippen LogP contribution in [-0.2, 0) is 9.84 Å². The fraction of sp³-hybridized carbons (Fsp3) is 0.250. The summed E-state index contributed by atoms with van der Waals surface area (Å²) in [6.45, 7) is 0.895. The first-order valence-electron chi connectivity index (χ1n) is 6.76. The van der Waals surface area contributed by atoms with Gasteiger partial charge in [-0.05, 0) is 48.5 Å². The molecule has 0 aliphatic rings. The van der Waals surface area contributed by atoms with E-state index in [0.717, 1.165) is 6.26 Å². The van der Waals surface area contributed by atoms with E-state index in [2.05, 4.69) is 0 Å². The Morgan fingerprint density at radius 3 is 1.77 bits per heavy atom. The van der Waals surface area contributed by atoms with Crippen LogP contribution in [0.15, 0.2) is 53.4 Å². The van der Waals surface area contributed by atoms with Crippen LogP contribution < -0.4 is 9.47 Å². The van der Waals surface area contributed by atoms with Crippen molar-refractivity contribution in [1.82, 2.24) is 0 Å². The van der Waals surface area contributed by atoms with Crippen LogP contribution in [0, 0.1) is 5.82 Å². The molecule has 0 bridgehead atoms. The fourth-order valence-corrected chi connectivity index (χ4v) is 2.38. The van der Waals surface area contributed by atoms with Crippen LogP contribution in [0.4, 0.5) is 4.39 Å². The number of halogens is 1. The third-order valence-electron chi connectivity index (χ3n) is 2.89. The summed E-state index contributed by atoms with van der Waals surface area (Å²) >= 11 is 0. The van der Waals surface area contributed by atoms with E-state index in [0.29, 0.717) is 31.1 Å². The molecule has 6 heteroatoms. The van der Waals surface area contributed by atoms with Crippen molar-refractivity contribution < 1.29 is 22.3 Å². The Balaban J connectivity index is 1.71. The van der Waals surface area contributed by atoms with Gasteiger partial charge in [0.15, 0.2) is 9.84 Å². The molecule has 0 unspecified atom stereocenters. The molecule has 0 aliphatic heterocycles. The zero-order valence-corrected chi connectivity index (χ0v) is 13.0. The van der Waals surface area contributed by atoms with E-state index in [1.165, 1.54) is 24.3 Å². The standard InChI is InChI=1S/C16H17FO4S/c1-22(18,19)16-9-7-15(8-10-16)21-12-2-11-20-14-5-3-13(17)4-6-14/h3-10H,2,11-12H2,1H3. The molecule has 2 aromatic carbocycles. The maximum atomic E-state index is 12.7. The van der Waals surface area contributed by atoms with E-state index in [1.54, 1.807) is 24.3 Å². The summed E-state index contributed by atoms with van der Waals surface area (Å²) in [6, 6.07) is 12.1. The van der Waals surface area contributed by atoms with E-state index in [4.69, 9.17) is 9.47 Å². The number of benzene rings is 2. The Hall–Kier alpha value is -2.08. The zero-order chi connectivity index (χ0) is 16.0. The summed E-state index contributed by atoms with van der Waals surface area (Å²) in [6.07, 6.45) is 1.82. The number of hydrogen-bond acceptors (Lipinski definition) is 4. The molecule has 0 fully saturated rings. The minimum atomic E-state index is -3.18. The molecule has 0 saturated carbocycles. The maximum Gasteiger partial charge on any atom is 0.175 e. The molecule has 0 atom stereocenters. The van der Waals surface area contributed by atoms with Crippen LogP contribution in [0.5, 0.6) is 11.5 Å². The monoisotopic (exact) mass is 324 g/mol. The molecule has 4 nitrogen and oxygen atoms in total. The van der Waals surface area contributed by atoms with Gasteiger partial charge >= 0.3 is 0 Å². The van der Waals surface area contributed by atoms with E-state index in [-0.39, 0.29) is 10.7 Å². The normalized spacial score (nSPS) is 11.2. The number of ether oxygens (including phenoxy) is 2. The Morgan fingerprint density at radius 2 is 1.32 bits per heavy atom. The lowest BCUT2D eigenvalue weighted by Crippen LogP contribution is -2.05. The fourth-order valence-electron chi connectivity index (χ4n) is 1.75. The second kappa shape index (κ2) is 7.26. The molecule has 0 radical (unpaired) electrons. The summed E-state index contributed by atoms with van der Waals surface area (Å²) in [7, 11) is -3.18. The molecule has 0 heterocycles. The molecular weight excluding hydrogens is 307 g/mol. The van der Waals surface area contributed by atoms with Crippen molar-refractivity contribution in [2.24, 2.45) is 0 Å². The van der Waals surface area contributed by atoms with Crippen molar-refractivity contribution in [2.75, 3.05) is 19.5 Å². The number of rotatable bonds is 7. The Bertz CT molecular complexity index is 694. The zero-order valence-electron chi connectivity index (χ0n) is 12.2. The van der Waals surface area contributed by atoms with Gasteiger partial charge < -0.3 is 9.47 Å². The molecule has 0 saturated heterocycles. The average Bonchev–Trinajstić information content (AvgIpc) is 2.48. The summed E-state index contributed by atoms with van der Waals surface area (Å²) in [4.78, 5) is 0.263. The molecule has 0 aromatic heterocycles. The van der Waals surface area contributed by atoms with Crippen molar-refractivity contribution in [2.45, 2.75) is 11.3 Å². The van der Waals surface area contributed by atoms with Crippen molar-refractivity contribution in [3.63, 3.8) is 0 Å². The summed E-state index contributed by atoms with van der Waals surface area (Å²) < 4.78 is 46.3. The predicted octanol–water partition coefficient (Wildman–Crippen LogP) is 3.08. The molecule has 0 spiro atoms. The first-order valence-corrected chi connectivity index (χ1v) is 8.65. The van der Waals surface area contributed by atoms with E-state index < -0.39 is 9.84 Å². The second-order valence-corrected chi connectivity index (χ2v) is 6.76. The first-order chi connectivity index (χ1) is 10.4. The first kappa shape index (κ1) is 16.3. The largest absolute Gasteiger partial charge is 0.493 e. The van der Waals surface area contributed by atoms with Gasteiger partial charge in [-0.3, -0.25) is 0 Å². The molecular formula is C16H17FO4S. The van der Waals surface area contributed by atoms with Gasteiger partial charge in [-0.15, -0.1) is 0 Å². The maximum absolute atomic E-state index is 12.7. The van der Waals surface area contributed by atoms with Gasteiger partial charge in [0.2, 0.25) is 0 Å². The van der Waals surface area contributed by atoms with E-state index in [9.17, 15) is 12.8 Å². The summed E-state index contributed by atoms with van der Waals surface area (Å²) in [5.74, 6) is 0.918. The third kappa shape index (κ3) is 5.04. The average molecular weight is 324 g/mol. The van der Waals surface area contributed by atoms with Gasteiger partial charge in [-0.25, -0.2) is 12.8 Å². The highest BCUT2D eigenvalue weighted by atomic mass is 32.2. The summed E-state index contributed by atoms with van der Waals surface area (Å²) in [5.41, 5.74) is 0. The molecule has 2 rings (SSSR count). The quantitative estimate of drug-likeness (QED) is 0.735. The topological polar surface area (TPSA) is 52.6 Å². The molecule has 2 aromatic rings. The van der Waals surface area contributed by atoms with Crippen LogP contribution in [0.25, 0.3) is 0 Å². The van der Waals surface area contributed by atoms with Gasteiger partial charge in [0, 0.05) is 12.7 Å². The van der Waals surface area contributed by atoms with Crippen LogP contribution in [0.2, 0.25) is 0 Å². The van der Waals surface area contributed by atoms with Crippen molar-refractivity contribution in [3.05, 3.63) is 54.3 Å². The van der Waals surface area contributed by atoms with Gasteiger partial charge in [0.05, 0.1) is 18.1 Å². The lowest BCUT2D eigenvalue weighted by atomic mass is 10.3. The SMILES string of the molecule is CS(=O)(=O)c1ccc(OCCCOc2ccc(F)cc2)cc1. The molecule has 0 amide bonds. The van der Waals surface area contributed by atoms with Gasteiger partial charge in [0.25, 0.3) is 0 Å². The van der Waals surface area contributed by atoms with E-state index in [1.807, 2.05) is 0 Å². The van der Waals surface area contributed by atoms with Crippen LogP contribution >= 0.6 is 0 Å². The van der Waals surface area contributed by atoms with Gasteiger partial charge in [-0.1, -0.05) is 0 Å². The Morgan fingerprint density at radius 1 is 0.864 bits per heavy atom. The highest BCUT2D eigenvalue weighted by molar-refractivity contribution is 7.90. The smallest absolute Gasteiger partial charge is 0.175 e. The van der Waals surface area contributed by atoms with Crippen molar-refractivity contribution in [1.29, 1.82) is 0 Å². The van der Waals surface area contributed by atoms with Crippen LogP contribution in [0.1, 0.15) is 6.42 Å². The lowest BCUT2D eigenvalue weighted by Gasteiger charge is -2.08. The molecule has 22 heavy (non-hydrogen) atoms. The van der Waals surface area contributed by atoms with Gasteiger partial charge in [0.1, 0.15) is 17.3 Å². The highest BCUT2D eigenvalue weighted by Crippen LogP contribution is 2.16. The molecule has 0 aliphatic carbocycles. The lowest BCUT2D eigenvalue weighted by molar-refractivity contribution is 0.247. The van der Waals surface area contributed by atoms with Crippen LogP contribution in [-0.4, -0.2) is 27.9 Å². The van der Waals surface area contributed by atoms with Crippen LogP contribution in [0.3, 0.4) is 0 Å². The summed E-state index contributed by atoms with van der Waals surface area (Å²) in [5, 5.41) is 0. The van der Waals surface area contributed by atoms with E-state index >= 15 is 0 Å². The number of sulfone groups is 1. The van der Waals surface area contributed by atoms with Crippen molar-refractivity contribution >= 4 is 9.84 Å². The highest BCUT2D eigenvalue weighted by Gasteiger charge is 2.06. The Kier molecular flexibility index (Phi) is 5.38. The minimum Gasteiger partial charge on any atom is -0.493 e. The molecule has 118 valence electrons. The Labute approximate surface area is 129 Å². The molecule has 0 N–H and O–H groups in total. The third-order valence-corrected chi connectivity index (χ3v) is 4.02. The number of hydrogen-bond donors (Lipinski definition) is 0. The predicted molar refractivity (Wildman–Crippen MR) is 81.6 cm³/mol. The second-order valence-electron chi connectivity index (χ2n) is 4.75. The van der Waals surface area contributed by atoms with Crippen molar-refractivity contribution in [3.8, 4) is 11.5 Å². The van der Waals surface area contributed by atoms with Gasteiger partial charge in [-0.2, -0.15) is 0 Å². The minimum absolute atomic E-state index is 0.263.